The van der Waals surface area contributed by atoms with Crippen molar-refractivity contribution >= 4 is 5.97 Å². The first-order chi connectivity index (χ1) is 13.5. The topological polar surface area (TPSA) is 26.3 Å². The number of carbonyl (C=O) groups is 1. The van der Waals surface area contributed by atoms with E-state index in [0.717, 1.165) is 82.6 Å². The summed E-state index contributed by atoms with van der Waals surface area (Å²) >= 11 is 0. The van der Waals surface area contributed by atoms with E-state index < -0.39 is 11.6 Å². The fraction of sp³-hybridized carbons (Fsp3) is 0.708. The molecule has 3 rings (SSSR count). The van der Waals surface area contributed by atoms with E-state index in [1.54, 1.807) is 6.07 Å². The monoisotopic (exact) mass is 392 g/mol. The third-order valence-electron chi connectivity index (χ3n) is 6.80. The Morgan fingerprint density at radius 1 is 1.04 bits per heavy atom. The number of hydrogen-bond acceptors (Lipinski definition) is 2. The van der Waals surface area contributed by atoms with Crippen molar-refractivity contribution in [2.24, 2.45) is 5.92 Å². The molecular weight excluding hydrogens is 358 g/mol. The summed E-state index contributed by atoms with van der Waals surface area (Å²) in [5, 5.41) is 0. The van der Waals surface area contributed by atoms with Gasteiger partial charge in [0.05, 0.1) is 5.92 Å². The van der Waals surface area contributed by atoms with Crippen LogP contribution in [-0.4, -0.2) is 11.6 Å². The second-order valence-electron chi connectivity index (χ2n) is 8.84. The van der Waals surface area contributed by atoms with E-state index >= 15 is 0 Å². The van der Waals surface area contributed by atoms with Crippen LogP contribution in [0.2, 0.25) is 0 Å². The summed E-state index contributed by atoms with van der Waals surface area (Å²) in [6.07, 6.45) is 13.0. The number of rotatable bonds is 7. The Morgan fingerprint density at radius 2 is 1.75 bits per heavy atom. The van der Waals surface area contributed by atoms with Gasteiger partial charge in [0.15, 0.2) is 11.6 Å². The van der Waals surface area contributed by atoms with Gasteiger partial charge in [0.1, 0.15) is 5.60 Å². The largest absolute Gasteiger partial charge is 0.459 e. The number of halogens is 2. The van der Waals surface area contributed by atoms with Crippen LogP contribution >= 0.6 is 0 Å². The lowest BCUT2D eigenvalue weighted by atomic mass is 9.73. The van der Waals surface area contributed by atoms with Gasteiger partial charge in [0, 0.05) is 0 Å². The second kappa shape index (κ2) is 9.84. The van der Waals surface area contributed by atoms with Gasteiger partial charge in [0.2, 0.25) is 0 Å². The number of hydrogen-bond donors (Lipinski definition) is 0. The molecule has 0 aliphatic heterocycles. The van der Waals surface area contributed by atoms with Gasteiger partial charge in [-0.2, -0.15) is 0 Å². The molecule has 2 fully saturated rings. The van der Waals surface area contributed by atoms with Crippen molar-refractivity contribution in [3.8, 4) is 0 Å². The molecule has 4 heteroatoms. The molecular formula is C24H34F2O2. The molecule has 0 saturated heterocycles. The average Bonchev–Trinajstić information content (AvgIpc) is 2.71. The minimum atomic E-state index is -0.796. The number of unbranched alkanes of at least 4 members (excludes halogenated alkanes) is 2. The minimum absolute atomic E-state index is 0.00229. The molecule has 2 nitrogen and oxygen atoms in total. The van der Waals surface area contributed by atoms with Gasteiger partial charge in [-0.15, -0.1) is 0 Å². The molecule has 2 aliphatic rings. The van der Waals surface area contributed by atoms with Crippen LogP contribution < -0.4 is 0 Å². The van der Waals surface area contributed by atoms with Gasteiger partial charge >= 0.3 is 5.97 Å². The van der Waals surface area contributed by atoms with Crippen LogP contribution in [0.1, 0.15) is 102 Å². The van der Waals surface area contributed by atoms with E-state index in [-0.39, 0.29) is 23.4 Å². The Bertz CT molecular complexity index is 644. The Kier molecular flexibility index (Phi) is 7.48. The number of esters is 1. The van der Waals surface area contributed by atoms with Gasteiger partial charge in [-0.3, -0.25) is 4.79 Å². The first-order valence-corrected chi connectivity index (χ1v) is 11.2. The SMILES string of the molecule is CCCCCC1(OC(=O)C2CCCCC2)CCC(c2ccc(F)c(F)c2)CC1. The molecule has 0 atom stereocenters. The van der Waals surface area contributed by atoms with E-state index in [9.17, 15) is 13.6 Å². The maximum absolute atomic E-state index is 13.6. The van der Waals surface area contributed by atoms with Crippen molar-refractivity contribution in [1.29, 1.82) is 0 Å². The standard InChI is InChI=1S/C24H34F2O2/c1-2-3-7-14-24(28-23(27)19-8-5-4-6-9-19)15-12-18(13-16-24)20-10-11-21(25)22(26)17-20/h10-11,17-19H,2-9,12-16H2,1H3. The van der Waals surface area contributed by atoms with E-state index in [4.69, 9.17) is 4.74 Å². The number of ether oxygens (including phenoxy) is 1. The predicted molar refractivity (Wildman–Crippen MR) is 107 cm³/mol. The highest BCUT2D eigenvalue weighted by Gasteiger charge is 2.40. The molecule has 0 heterocycles. The van der Waals surface area contributed by atoms with Crippen molar-refractivity contribution < 1.29 is 18.3 Å². The summed E-state index contributed by atoms with van der Waals surface area (Å²) in [6.45, 7) is 2.18. The maximum atomic E-state index is 13.6. The van der Waals surface area contributed by atoms with Crippen molar-refractivity contribution in [1.82, 2.24) is 0 Å². The van der Waals surface area contributed by atoms with Gasteiger partial charge in [0.25, 0.3) is 0 Å². The first kappa shape index (κ1) is 21.3. The molecule has 0 amide bonds. The molecule has 156 valence electrons. The van der Waals surface area contributed by atoms with Crippen LogP contribution in [0.4, 0.5) is 8.78 Å². The summed E-state index contributed by atoms with van der Waals surface area (Å²) < 4.78 is 33.1. The Hall–Kier alpha value is -1.45. The fourth-order valence-corrected chi connectivity index (χ4v) is 4.98. The highest BCUT2D eigenvalue weighted by atomic mass is 19.2. The second-order valence-corrected chi connectivity index (χ2v) is 8.84. The lowest BCUT2D eigenvalue weighted by Crippen LogP contribution is -2.40. The van der Waals surface area contributed by atoms with E-state index in [1.807, 2.05) is 0 Å². The average molecular weight is 393 g/mol. The summed E-state index contributed by atoms with van der Waals surface area (Å²) in [4.78, 5) is 12.8. The number of carbonyl (C=O) groups excluding carboxylic acids is 1. The molecule has 0 radical (unpaired) electrons. The Balaban J connectivity index is 1.65. The van der Waals surface area contributed by atoms with Crippen LogP contribution in [-0.2, 0) is 9.53 Å². The smallest absolute Gasteiger partial charge is 0.309 e. The van der Waals surface area contributed by atoms with Gasteiger partial charge in [-0.05, 0) is 75.0 Å². The van der Waals surface area contributed by atoms with Crippen LogP contribution in [0, 0.1) is 17.6 Å². The lowest BCUT2D eigenvalue weighted by molar-refractivity contribution is -0.171. The molecule has 2 saturated carbocycles. The van der Waals surface area contributed by atoms with Crippen molar-refractivity contribution in [2.45, 2.75) is 102 Å². The highest BCUT2D eigenvalue weighted by molar-refractivity contribution is 5.73. The molecule has 0 spiro atoms. The summed E-state index contributed by atoms with van der Waals surface area (Å²) in [7, 11) is 0. The Labute approximate surface area is 168 Å². The first-order valence-electron chi connectivity index (χ1n) is 11.2. The molecule has 1 aromatic carbocycles. The maximum Gasteiger partial charge on any atom is 0.309 e. The third-order valence-corrected chi connectivity index (χ3v) is 6.80. The van der Waals surface area contributed by atoms with Crippen molar-refractivity contribution in [3.05, 3.63) is 35.4 Å². The van der Waals surface area contributed by atoms with Crippen molar-refractivity contribution in [2.75, 3.05) is 0 Å². The zero-order chi connectivity index (χ0) is 20.0. The summed E-state index contributed by atoms with van der Waals surface area (Å²) in [5.74, 6) is -1.29. The summed E-state index contributed by atoms with van der Waals surface area (Å²) in [6, 6.07) is 4.25. The molecule has 0 unspecified atom stereocenters. The zero-order valence-electron chi connectivity index (χ0n) is 17.2. The number of benzene rings is 1. The molecule has 1 aromatic rings. The van der Waals surface area contributed by atoms with Gasteiger partial charge < -0.3 is 4.74 Å². The van der Waals surface area contributed by atoms with E-state index in [0.29, 0.717) is 0 Å². The normalized spacial score (nSPS) is 26.2. The van der Waals surface area contributed by atoms with Crippen LogP contribution in [0.5, 0.6) is 0 Å². The third kappa shape index (κ3) is 5.33. The molecule has 0 aromatic heterocycles. The molecule has 2 aliphatic carbocycles. The summed E-state index contributed by atoms with van der Waals surface area (Å²) in [5.41, 5.74) is 0.498. The van der Waals surface area contributed by atoms with Gasteiger partial charge in [-0.25, -0.2) is 8.78 Å². The molecule has 28 heavy (non-hydrogen) atoms. The predicted octanol–water partition coefficient (Wildman–Crippen LogP) is 7.07. The van der Waals surface area contributed by atoms with Crippen LogP contribution in [0.3, 0.4) is 0 Å². The van der Waals surface area contributed by atoms with E-state index in [1.165, 1.54) is 18.6 Å². The molecule has 0 N–H and O–H groups in total. The van der Waals surface area contributed by atoms with E-state index in [2.05, 4.69) is 6.92 Å². The highest BCUT2D eigenvalue weighted by Crippen LogP contribution is 2.43. The van der Waals surface area contributed by atoms with Crippen molar-refractivity contribution in [3.63, 3.8) is 0 Å². The zero-order valence-corrected chi connectivity index (χ0v) is 17.2. The molecule has 0 bridgehead atoms. The lowest BCUT2D eigenvalue weighted by Gasteiger charge is -2.41. The van der Waals surface area contributed by atoms with Gasteiger partial charge in [-0.1, -0.05) is 45.1 Å². The quantitative estimate of drug-likeness (QED) is 0.366. The fourth-order valence-electron chi connectivity index (χ4n) is 4.98. The van der Waals surface area contributed by atoms with Crippen LogP contribution in [0.15, 0.2) is 18.2 Å². The Morgan fingerprint density at radius 3 is 2.39 bits per heavy atom. The minimum Gasteiger partial charge on any atom is -0.459 e. The van der Waals surface area contributed by atoms with Crippen LogP contribution in [0.25, 0.3) is 0 Å².